The van der Waals surface area contributed by atoms with Crippen LogP contribution in [0.15, 0.2) is 48.5 Å². The SMILES string of the molecule is COc1cccc(NC(=O)N[C@@H]2C[C@@H](c3nc(C)nn3-c3nc4ccccc4[nH]3)CC[C@H]2O)c1. The zero-order valence-electron chi connectivity index (χ0n) is 19.0. The zero-order valence-corrected chi connectivity index (χ0v) is 19.0. The Kier molecular flexibility index (Phi) is 5.89. The van der Waals surface area contributed by atoms with E-state index in [2.05, 4.69) is 30.7 Å². The maximum atomic E-state index is 12.6. The van der Waals surface area contributed by atoms with Gasteiger partial charge in [-0.25, -0.2) is 14.8 Å². The molecule has 2 aromatic heterocycles. The highest BCUT2D eigenvalue weighted by atomic mass is 16.5. The number of aliphatic hydroxyl groups excluding tert-OH is 1. The van der Waals surface area contributed by atoms with Crippen LogP contribution in [-0.4, -0.2) is 55.1 Å². The summed E-state index contributed by atoms with van der Waals surface area (Å²) in [7, 11) is 1.57. The predicted molar refractivity (Wildman–Crippen MR) is 127 cm³/mol. The standard InChI is InChI=1S/C24H27N7O3/c1-14-25-22(31(30-14)23-27-18-8-3-4-9-19(18)28-23)15-10-11-21(32)20(12-15)29-24(33)26-16-6-5-7-17(13-16)34-2/h3-9,13,15,20-21,32H,10-12H2,1-2H3,(H,27,28)(H2,26,29,33)/t15-,20+,21+/m0/s1. The van der Waals surface area contributed by atoms with Gasteiger partial charge < -0.3 is 25.5 Å². The summed E-state index contributed by atoms with van der Waals surface area (Å²) in [5.41, 5.74) is 2.38. The van der Waals surface area contributed by atoms with Gasteiger partial charge in [0.1, 0.15) is 17.4 Å². The van der Waals surface area contributed by atoms with Crippen LogP contribution < -0.4 is 15.4 Å². The molecule has 0 bridgehead atoms. The summed E-state index contributed by atoms with van der Waals surface area (Å²) < 4.78 is 6.94. The number of anilines is 1. The van der Waals surface area contributed by atoms with Crippen LogP contribution >= 0.6 is 0 Å². The van der Waals surface area contributed by atoms with E-state index in [0.29, 0.717) is 36.1 Å². The fourth-order valence-electron chi connectivity index (χ4n) is 4.47. The van der Waals surface area contributed by atoms with Gasteiger partial charge in [0.05, 0.1) is 30.3 Å². The summed E-state index contributed by atoms with van der Waals surface area (Å²) in [5.74, 6) is 2.66. The van der Waals surface area contributed by atoms with Crippen molar-refractivity contribution in [2.45, 2.75) is 44.2 Å². The number of nitrogens with one attached hydrogen (secondary N) is 3. The maximum Gasteiger partial charge on any atom is 0.319 e. The molecule has 1 aliphatic rings. The van der Waals surface area contributed by atoms with Gasteiger partial charge in [-0.1, -0.05) is 18.2 Å². The van der Waals surface area contributed by atoms with Gasteiger partial charge in [-0.15, -0.1) is 5.10 Å². The smallest absolute Gasteiger partial charge is 0.319 e. The number of benzene rings is 2. The topological polar surface area (TPSA) is 130 Å². The Morgan fingerprint density at radius 1 is 1.18 bits per heavy atom. The number of aromatic nitrogens is 5. The number of aryl methyl sites for hydroxylation is 1. The molecule has 1 aliphatic carbocycles. The number of carbonyl (C=O) groups excluding carboxylic acids is 1. The van der Waals surface area contributed by atoms with Gasteiger partial charge in [-0.2, -0.15) is 4.68 Å². The number of nitrogens with zero attached hydrogens (tertiary/aromatic N) is 4. The Morgan fingerprint density at radius 2 is 2.03 bits per heavy atom. The van der Waals surface area contributed by atoms with Crippen molar-refractivity contribution in [3.63, 3.8) is 0 Å². The third kappa shape index (κ3) is 4.44. The molecule has 4 aromatic rings. The number of hydrogen-bond donors (Lipinski definition) is 4. The van der Waals surface area contributed by atoms with Crippen LogP contribution in [0.1, 0.15) is 36.8 Å². The molecule has 1 saturated carbocycles. The summed E-state index contributed by atoms with van der Waals surface area (Å²) in [6.07, 6.45) is 1.16. The van der Waals surface area contributed by atoms with Crippen LogP contribution in [0, 0.1) is 6.92 Å². The largest absolute Gasteiger partial charge is 0.497 e. The van der Waals surface area contributed by atoms with Gasteiger partial charge in [0.2, 0.25) is 5.95 Å². The molecule has 0 aliphatic heterocycles. The van der Waals surface area contributed by atoms with Crippen molar-refractivity contribution in [2.24, 2.45) is 0 Å². The second kappa shape index (κ2) is 9.14. The molecule has 3 atom stereocenters. The monoisotopic (exact) mass is 461 g/mol. The van der Waals surface area contributed by atoms with Crippen molar-refractivity contribution in [1.82, 2.24) is 30.0 Å². The first-order valence-corrected chi connectivity index (χ1v) is 11.3. The van der Waals surface area contributed by atoms with Gasteiger partial charge in [-0.3, -0.25) is 0 Å². The molecule has 2 heterocycles. The quantitative estimate of drug-likeness (QED) is 0.361. The maximum absolute atomic E-state index is 12.6. The number of urea groups is 1. The molecule has 0 saturated heterocycles. The number of aromatic amines is 1. The number of hydrogen-bond acceptors (Lipinski definition) is 6. The molecule has 1 fully saturated rings. The van der Waals surface area contributed by atoms with E-state index in [9.17, 15) is 9.90 Å². The van der Waals surface area contributed by atoms with E-state index in [1.54, 1.807) is 36.1 Å². The molecule has 0 unspecified atom stereocenters. The average molecular weight is 462 g/mol. The van der Waals surface area contributed by atoms with Crippen molar-refractivity contribution in [1.29, 1.82) is 0 Å². The lowest BCUT2D eigenvalue weighted by Gasteiger charge is -2.33. The molecular formula is C24H27N7O3. The summed E-state index contributed by atoms with van der Waals surface area (Å²) in [6, 6.07) is 14.1. The lowest BCUT2D eigenvalue weighted by Crippen LogP contribution is -2.48. The third-order valence-electron chi connectivity index (χ3n) is 6.14. The Labute approximate surface area is 196 Å². The third-order valence-corrected chi connectivity index (χ3v) is 6.14. The van der Waals surface area contributed by atoms with E-state index in [0.717, 1.165) is 23.3 Å². The highest BCUT2D eigenvalue weighted by molar-refractivity contribution is 5.89. The van der Waals surface area contributed by atoms with Crippen LogP contribution in [0.5, 0.6) is 5.75 Å². The average Bonchev–Trinajstić information content (AvgIpc) is 3.44. The van der Waals surface area contributed by atoms with Crippen molar-refractivity contribution in [3.8, 4) is 11.7 Å². The number of aliphatic hydroxyl groups is 1. The molecular weight excluding hydrogens is 434 g/mol. The molecule has 0 radical (unpaired) electrons. The minimum atomic E-state index is -0.643. The van der Waals surface area contributed by atoms with E-state index in [1.807, 2.05) is 31.2 Å². The van der Waals surface area contributed by atoms with Crippen LogP contribution in [-0.2, 0) is 0 Å². The lowest BCUT2D eigenvalue weighted by molar-refractivity contribution is 0.0864. The normalized spacial score (nSPS) is 20.3. The number of ether oxygens (including phenoxy) is 1. The number of fused-ring (bicyclic) bond motifs is 1. The van der Waals surface area contributed by atoms with Crippen LogP contribution in [0.3, 0.4) is 0 Å². The second-order valence-corrected chi connectivity index (χ2v) is 8.52. The number of carbonyl (C=O) groups is 1. The number of methoxy groups -OCH3 is 1. The number of H-pyrrole nitrogens is 1. The number of imidazole rings is 1. The first kappa shape index (κ1) is 21.9. The van der Waals surface area contributed by atoms with Crippen molar-refractivity contribution in [3.05, 3.63) is 60.2 Å². The van der Waals surface area contributed by atoms with Crippen molar-refractivity contribution < 1.29 is 14.6 Å². The van der Waals surface area contributed by atoms with Gasteiger partial charge in [0.25, 0.3) is 0 Å². The van der Waals surface area contributed by atoms with Gasteiger partial charge in [0.15, 0.2) is 0 Å². The molecule has 176 valence electrons. The van der Waals surface area contributed by atoms with Crippen LogP contribution in [0.4, 0.5) is 10.5 Å². The van der Waals surface area contributed by atoms with E-state index in [4.69, 9.17) is 4.74 Å². The van der Waals surface area contributed by atoms with Crippen molar-refractivity contribution >= 4 is 22.8 Å². The Balaban J connectivity index is 1.33. The number of rotatable bonds is 5. The second-order valence-electron chi connectivity index (χ2n) is 8.52. The van der Waals surface area contributed by atoms with E-state index >= 15 is 0 Å². The number of para-hydroxylation sites is 2. The lowest BCUT2D eigenvalue weighted by atomic mass is 9.83. The zero-order chi connectivity index (χ0) is 23.7. The predicted octanol–water partition coefficient (Wildman–Crippen LogP) is 3.28. The first-order valence-electron chi connectivity index (χ1n) is 11.3. The first-order chi connectivity index (χ1) is 16.5. The Morgan fingerprint density at radius 3 is 2.85 bits per heavy atom. The van der Waals surface area contributed by atoms with Gasteiger partial charge >= 0.3 is 6.03 Å². The summed E-state index contributed by atoms with van der Waals surface area (Å²) in [5, 5.41) is 20.9. The van der Waals surface area contributed by atoms with Crippen molar-refractivity contribution in [2.75, 3.05) is 12.4 Å². The Bertz CT molecular complexity index is 1280. The van der Waals surface area contributed by atoms with Crippen LogP contribution in [0.25, 0.3) is 17.0 Å². The molecule has 5 rings (SSSR count). The minimum Gasteiger partial charge on any atom is -0.497 e. The number of amides is 2. The fraction of sp³-hybridized carbons (Fsp3) is 0.333. The summed E-state index contributed by atoms with van der Waals surface area (Å²) in [4.78, 5) is 25.3. The molecule has 2 amide bonds. The highest BCUT2D eigenvalue weighted by Crippen LogP contribution is 2.33. The van der Waals surface area contributed by atoms with E-state index in [1.165, 1.54) is 0 Å². The van der Waals surface area contributed by atoms with Gasteiger partial charge in [0, 0.05) is 17.7 Å². The highest BCUT2D eigenvalue weighted by Gasteiger charge is 2.34. The molecule has 10 nitrogen and oxygen atoms in total. The molecule has 0 spiro atoms. The minimum absolute atomic E-state index is 0.0000634. The summed E-state index contributed by atoms with van der Waals surface area (Å²) >= 11 is 0. The summed E-state index contributed by atoms with van der Waals surface area (Å²) in [6.45, 7) is 1.84. The van der Waals surface area contributed by atoms with Gasteiger partial charge in [-0.05, 0) is 50.5 Å². The fourth-order valence-corrected chi connectivity index (χ4v) is 4.47. The van der Waals surface area contributed by atoms with E-state index in [-0.39, 0.29) is 11.9 Å². The van der Waals surface area contributed by atoms with Crippen LogP contribution in [0.2, 0.25) is 0 Å². The molecule has 10 heteroatoms. The molecule has 2 aromatic carbocycles. The van der Waals surface area contributed by atoms with E-state index < -0.39 is 12.1 Å². The Hall–Kier alpha value is -3.92. The molecule has 34 heavy (non-hydrogen) atoms. The molecule has 4 N–H and O–H groups in total.